The van der Waals surface area contributed by atoms with E-state index in [-0.39, 0.29) is 41.6 Å². The third-order valence-corrected chi connectivity index (χ3v) is 13.4. The minimum Gasteiger partial charge on any atom is -0.502 e. The molecule has 4 amide bonds. The van der Waals surface area contributed by atoms with Crippen molar-refractivity contribution in [2.45, 2.75) is 30.4 Å². The van der Waals surface area contributed by atoms with Gasteiger partial charge in [-0.15, -0.1) is 0 Å². The lowest BCUT2D eigenvalue weighted by atomic mass is 9.49. The first-order valence-electron chi connectivity index (χ1n) is 20.0. The summed E-state index contributed by atoms with van der Waals surface area (Å²) in [6.45, 7) is 0. The first-order valence-corrected chi connectivity index (χ1v) is 20.7. The van der Waals surface area contributed by atoms with Gasteiger partial charge in [0.25, 0.3) is 11.8 Å². The number of alkyl halides is 3. The monoisotopic (exact) mass is 910 g/mol. The number of phenolic OH excluding ortho intramolecular Hbond substituents is 1. The van der Waals surface area contributed by atoms with Gasteiger partial charge in [0, 0.05) is 28.3 Å². The number of hydrazine groups is 1. The molecule has 1 aromatic heterocycles. The maximum Gasteiger partial charge on any atom is 0.417 e. The number of nitrogens with one attached hydrogen (secondary N) is 1. The van der Waals surface area contributed by atoms with Crippen LogP contribution in [-0.2, 0) is 30.8 Å². The summed E-state index contributed by atoms with van der Waals surface area (Å²) in [6.07, 6.45) is -2.52. The second-order valence-electron chi connectivity index (χ2n) is 15.9. The summed E-state index contributed by atoms with van der Waals surface area (Å²) in [5.74, 6) is -8.86. The quantitative estimate of drug-likeness (QED) is 0.0835. The second kappa shape index (κ2) is 15.8. The van der Waals surface area contributed by atoms with Crippen LogP contribution in [0.4, 0.5) is 24.7 Å². The SMILES string of the molecule is COc1cc(C2C3=CCC4C(=O)N(c5ccc(C(=O)c6ccccc6)cc5)C(=O)C4C3CC3C(=O)N(Nc4ncc(C(F)(F)F)cc4Cl)C(=O)C32c2ccc(Cl)cc2)cc(OC)c1O. The van der Waals surface area contributed by atoms with Gasteiger partial charge in [0.2, 0.25) is 17.6 Å². The number of carbonyl (C=O) groups is 5. The number of methoxy groups -OCH3 is 2. The Bertz CT molecular complexity index is 2780. The molecule has 2 aliphatic carbocycles. The average molecular weight is 912 g/mol. The van der Waals surface area contributed by atoms with E-state index in [0.717, 1.165) is 4.90 Å². The van der Waals surface area contributed by atoms with Crippen molar-refractivity contribution < 1.29 is 51.7 Å². The van der Waals surface area contributed by atoms with Crippen molar-refractivity contribution in [2.75, 3.05) is 24.5 Å². The number of aromatic hydroxyl groups is 1. The van der Waals surface area contributed by atoms with Crippen LogP contribution in [-0.4, -0.2) is 58.7 Å². The summed E-state index contributed by atoms with van der Waals surface area (Å²) in [4.78, 5) is 77.9. The zero-order chi connectivity index (χ0) is 45.4. The molecule has 0 bridgehead atoms. The lowest BCUT2D eigenvalue weighted by molar-refractivity contribution is -0.139. The Morgan fingerprint density at radius 3 is 2.09 bits per heavy atom. The van der Waals surface area contributed by atoms with E-state index in [1.165, 1.54) is 38.5 Å². The maximum absolute atomic E-state index is 15.5. The molecule has 4 aromatic carbocycles. The van der Waals surface area contributed by atoms with Gasteiger partial charge in [0.1, 0.15) is 0 Å². The molecule has 0 radical (unpaired) electrons. The number of fused-ring (bicyclic) bond motifs is 4. The standard InChI is InChI=1S/C47H35Cl2F3N4O8/c1-63-35-18-25(19-36(64-2)40(35)58)38-30-16-17-31-37(44(61)55(42(31)59)29-14-8-24(9-15-29)39(57)23-6-4-3-5-7-23)32(30)21-33-43(60)56(45(62)46(33,38)26-10-12-28(48)13-11-26)54-41-34(49)20-27(22-53-41)47(50,51)52/h3-16,18-20,22,31-33,37-38,58H,17,21H2,1-2H3,(H,53,54). The van der Waals surface area contributed by atoms with E-state index in [2.05, 4.69) is 10.4 Å². The van der Waals surface area contributed by atoms with Gasteiger partial charge in [0.05, 0.1) is 53.7 Å². The van der Waals surface area contributed by atoms with Crippen LogP contribution in [0.5, 0.6) is 17.2 Å². The molecule has 9 rings (SSSR count). The van der Waals surface area contributed by atoms with Crippen LogP contribution >= 0.6 is 23.2 Å². The number of allylic oxidation sites excluding steroid dienone is 2. The number of halogens is 5. The number of rotatable bonds is 9. The van der Waals surface area contributed by atoms with Gasteiger partial charge in [-0.2, -0.15) is 18.2 Å². The van der Waals surface area contributed by atoms with E-state index in [9.17, 15) is 32.7 Å². The van der Waals surface area contributed by atoms with Gasteiger partial charge in [-0.3, -0.25) is 34.3 Å². The molecule has 5 aromatic rings. The van der Waals surface area contributed by atoms with Crippen LogP contribution in [0.1, 0.15) is 51.4 Å². The van der Waals surface area contributed by atoms with E-state index in [0.29, 0.717) is 50.1 Å². The molecule has 12 nitrogen and oxygen atoms in total. The molecule has 64 heavy (non-hydrogen) atoms. The molecule has 4 aliphatic rings. The molecule has 6 atom stereocenters. The van der Waals surface area contributed by atoms with E-state index in [1.54, 1.807) is 66.7 Å². The van der Waals surface area contributed by atoms with Gasteiger partial charge in [-0.25, -0.2) is 4.98 Å². The number of amides is 4. The van der Waals surface area contributed by atoms with E-state index in [1.807, 2.05) is 6.08 Å². The lowest BCUT2D eigenvalue weighted by Crippen LogP contribution is -2.53. The first-order chi connectivity index (χ1) is 30.6. The lowest BCUT2D eigenvalue weighted by Gasteiger charge is -2.50. The number of benzene rings is 4. The minimum absolute atomic E-state index is 0.0338. The fraction of sp³-hybridized carbons (Fsp3) is 0.234. The number of hydrogen-bond acceptors (Lipinski definition) is 10. The minimum atomic E-state index is -4.79. The molecule has 0 spiro atoms. The summed E-state index contributed by atoms with van der Waals surface area (Å²) in [5, 5.41) is 11.5. The molecule has 2 N–H and O–H groups in total. The van der Waals surface area contributed by atoms with Crippen LogP contribution in [0, 0.1) is 23.7 Å². The summed E-state index contributed by atoms with van der Waals surface area (Å²) in [7, 11) is 2.64. The molecule has 17 heteroatoms. The van der Waals surface area contributed by atoms with Crippen LogP contribution < -0.4 is 19.8 Å². The van der Waals surface area contributed by atoms with Gasteiger partial charge in [-0.05, 0) is 84.5 Å². The largest absolute Gasteiger partial charge is 0.502 e. The molecule has 6 unspecified atom stereocenters. The molecule has 326 valence electrons. The van der Waals surface area contributed by atoms with Crippen molar-refractivity contribution in [1.82, 2.24) is 9.99 Å². The molecule has 2 aliphatic heterocycles. The van der Waals surface area contributed by atoms with Crippen molar-refractivity contribution in [1.29, 1.82) is 0 Å². The maximum atomic E-state index is 15.5. The van der Waals surface area contributed by atoms with Gasteiger partial charge >= 0.3 is 6.18 Å². The zero-order valence-electron chi connectivity index (χ0n) is 33.7. The predicted octanol–water partition coefficient (Wildman–Crippen LogP) is 8.55. The molecular formula is C47H35Cl2F3N4O8. The van der Waals surface area contributed by atoms with Crippen molar-refractivity contribution in [2.24, 2.45) is 23.7 Å². The van der Waals surface area contributed by atoms with Gasteiger partial charge < -0.3 is 14.6 Å². The molecular weight excluding hydrogens is 876 g/mol. The number of nitrogens with zero attached hydrogens (tertiary/aromatic N) is 3. The average Bonchev–Trinajstić information content (AvgIpc) is 3.67. The van der Waals surface area contributed by atoms with Crippen LogP contribution in [0.2, 0.25) is 10.0 Å². The van der Waals surface area contributed by atoms with Crippen molar-refractivity contribution in [3.63, 3.8) is 0 Å². The number of imide groups is 2. The van der Waals surface area contributed by atoms with Crippen molar-refractivity contribution in [3.8, 4) is 17.2 Å². The summed E-state index contributed by atoms with van der Waals surface area (Å²) in [5.41, 5.74) is 1.85. The third-order valence-electron chi connectivity index (χ3n) is 12.8. The topological polar surface area (TPSA) is 155 Å². The predicted molar refractivity (Wildman–Crippen MR) is 227 cm³/mol. The number of anilines is 2. The van der Waals surface area contributed by atoms with E-state index < -0.39 is 81.2 Å². The number of pyridine rings is 1. The number of hydrogen-bond donors (Lipinski definition) is 2. The highest BCUT2D eigenvalue weighted by Gasteiger charge is 2.70. The van der Waals surface area contributed by atoms with Gasteiger partial charge in [0.15, 0.2) is 23.1 Å². The summed E-state index contributed by atoms with van der Waals surface area (Å²) in [6, 6.07) is 24.7. The van der Waals surface area contributed by atoms with Crippen LogP contribution in [0.15, 0.2) is 115 Å². The fourth-order valence-electron chi connectivity index (χ4n) is 10.0. The summed E-state index contributed by atoms with van der Waals surface area (Å²) < 4.78 is 51.9. The fourth-order valence-corrected chi connectivity index (χ4v) is 10.3. The molecule has 1 saturated carbocycles. The molecule has 3 heterocycles. The first kappa shape index (κ1) is 42.6. The molecule has 3 fully saturated rings. The molecule has 2 saturated heterocycles. The van der Waals surface area contributed by atoms with Crippen molar-refractivity contribution >= 4 is 64.1 Å². The Morgan fingerprint density at radius 2 is 1.48 bits per heavy atom. The smallest absolute Gasteiger partial charge is 0.417 e. The highest BCUT2D eigenvalue weighted by molar-refractivity contribution is 6.33. The zero-order valence-corrected chi connectivity index (χ0v) is 35.2. The number of phenols is 1. The van der Waals surface area contributed by atoms with E-state index in [4.69, 9.17) is 32.7 Å². The Labute approximate surface area is 373 Å². The number of ketones is 1. The highest BCUT2D eigenvalue weighted by Crippen LogP contribution is 2.65. The van der Waals surface area contributed by atoms with E-state index >= 15 is 9.59 Å². The number of ether oxygens (including phenoxy) is 2. The Hall–Kier alpha value is -6.71. The van der Waals surface area contributed by atoms with Gasteiger partial charge in [-0.1, -0.05) is 77.3 Å². The second-order valence-corrected chi connectivity index (χ2v) is 16.8. The van der Waals surface area contributed by atoms with Crippen LogP contribution in [0.25, 0.3) is 0 Å². The highest BCUT2D eigenvalue weighted by atomic mass is 35.5. The van der Waals surface area contributed by atoms with Crippen molar-refractivity contribution in [3.05, 3.63) is 153 Å². The Balaban J connectivity index is 1.18. The number of carbonyl (C=O) groups excluding carboxylic acids is 5. The Kier molecular flexibility index (Phi) is 10.5. The number of aromatic nitrogens is 1. The summed E-state index contributed by atoms with van der Waals surface area (Å²) >= 11 is 12.7. The Morgan fingerprint density at radius 1 is 0.844 bits per heavy atom. The van der Waals surface area contributed by atoms with Crippen LogP contribution in [0.3, 0.4) is 0 Å². The third kappa shape index (κ3) is 6.59. The normalized spacial score (nSPS) is 23.9.